The quantitative estimate of drug-likeness (QED) is 0.726. The predicted molar refractivity (Wildman–Crippen MR) is 46.8 cm³/mol. The Bertz CT molecular complexity index is 220. The smallest absolute Gasteiger partial charge is 0.129 e. The Morgan fingerprint density at radius 1 is 1.42 bits per heavy atom. The van der Waals surface area contributed by atoms with Gasteiger partial charge in [-0.1, -0.05) is 0 Å². The summed E-state index contributed by atoms with van der Waals surface area (Å²) in [5.41, 5.74) is 0. The average molecular weight is 169 g/mol. The summed E-state index contributed by atoms with van der Waals surface area (Å²) in [6.45, 7) is 4.03. The van der Waals surface area contributed by atoms with Gasteiger partial charge in [0, 0.05) is 6.61 Å². The van der Waals surface area contributed by atoms with Crippen molar-refractivity contribution in [1.82, 2.24) is 5.32 Å². The van der Waals surface area contributed by atoms with Crippen LogP contribution in [-0.4, -0.2) is 13.7 Å². The van der Waals surface area contributed by atoms with Gasteiger partial charge in [-0.3, -0.25) is 0 Å². The van der Waals surface area contributed by atoms with Gasteiger partial charge in [-0.05, 0) is 26.1 Å². The van der Waals surface area contributed by atoms with Crippen molar-refractivity contribution in [2.24, 2.45) is 0 Å². The summed E-state index contributed by atoms with van der Waals surface area (Å²) in [6.07, 6.45) is 0. The van der Waals surface area contributed by atoms with Crippen molar-refractivity contribution < 1.29 is 9.15 Å². The third kappa shape index (κ3) is 2.68. The zero-order valence-electron chi connectivity index (χ0n) is 7.59. The van der Waals surface area contributed by atoms with Gasteiger partial charge in [-0.2, -0.15) is 0 Å². The molecular formula is C9H15NO2. The molecular weight excluding hydrogens is 154 g/mol. The highest BCUT2D eigenvalue weighted by molar-refractivity contribution is 5.06. The molecule has 1 aromatic rings. The molecule has 0 fully saturated rings. The summed E-state index contributed by atoms with van der Waals surface area (Å²) in [6, 6.07) is 3.91. The summed E-state index contributed by atoms with van der Waals surface area (Å²) in [5.74, 6) is 1.84. The lowest BCUT2D eigenvalue weighted by molar-refractivity contribution is 0.117. The maximum atomic E-state index is 5.44. The summed E-state index contributed by atoms with van der Waals surface area (Å²) in [4.78, 5) is 0. The third-order valence-corrected chi connectivity index (χ3v) is 1.52. The molecule has 1 rings (SSSR count). The lowest BCUT2D eigenvalue weighted by Gasteiger charge is -1.96. The fourth-order valence-electron chi connectivity index (χ4n) is 0.972. The zero-order chi connectivity index (χ0) is 8.81. The van der Waals surface area contributed by atoms with Gasteiger partial charge in [0.1, 0.15) is 18.1 Å². The normalized spacial score (nSPS) is 10.5. The number of furan rings is 1. The third-order valence-electron chi connectivity index (χ3n) is 1.52. The van der Waals surface area contributed by atoms with Gasteiger partial charge in [-0.15, -0.1) is 0 Å². The van der Waals surface area contributed by atoms with Crippen LogP contribution in [0, 0.1) is 0 Å². The van der Waals surface area contributed by atoms with Gasteiger partial charge in [0.2, 0.25) is 0 Å². The van der Waals surface area contributed by atoms with Crippen molar-refractivity contribution in [3.63, 3.8) is 0 Å². The zero-order valence-corrected chi connectivity index (χ0v) is 7.59. The fourth-order valence-corrected chi connectivity index (χ4v) is 0.972. The standard InChI is InChI=1S/C9H15NO2/c1-3-11-7-9-5-4-8(12-9)6-10-2/h4-5,10H,3,6-7H2,1-2H3. The number of nitrogens with one attached hydrogen (secondary N) is 1. The van der Waals surface area contributed by atoms with E-state index in [9.17, 15) is 0 Å². The van der Waals surface area contributed by atoms with Crippen LogP contribution >= 0.6 is 0 Å². The van der Waals surface area contributed by atoms with Gasteiger partial charge in [0.05, 0.1) is 6.54 Å². The SMILES string of the molecule is CCOCc1ccc(CNC)o1. The van der Waals surface area contributed by atoms with Gasteiger partial charge in [-0.25, -0.2) is 0 Å². The topological polar surface area (TPSA) is 34.4 Å². The minimum Gasteiger partial charge on any atom is -0.462 e. The molecule has 12 heavy (non-hydrogen) atoms. The van der Waals surface area contributed by atoms with Crippen LogP contribution in [0.1, 0.15) is 18.4 Å². The Kier molecular flexibility index (Phi) is 3.84. The monoisotopic (exact) mass is 169 g/mol. The van der Waals surface area contributed by atoms with Crippen LogP contribution < -0.4 is 5.32 Å². The highest BCUT2D eigenvalue weighted by Gasteiger charge is 1.99. The molecule has 3 nitrogen and oxygen atoms in total. The molecule has 3 heteroatoms. The highest BCUT2D eigenvalue weighted by atomic mass is 16.5. The molecule has 0 spiro atoms. The Labute approximate surface area is 72.7 Å². The van der Waals surface area contributed by atoms with E-state index in [2.05, 4.69) is 5.32 Å². The van der Waals surface area contributed by atoms with E-state index < -0.39 is 0 Å². The minimum absolute atomic E-state index is 0.570. The van der Waals surface area contributed by atoms with Gasteiger partial charge >= 0.3 is 0 Å². The minimum atomic E-state index is 0.570. The van der Waals surface area contributed by atoms with Gasteiger partial charge < -0.3 is 14.5 Å². The molecule has 0 bridgehead atoms. The van der Waals surface area contributed by atoms with E-state index in [1.807, 2.05) is 26.1 Å². The van der Waals surface area contributed by atoms with Crippen LogP contribution in [0.25, 0.3) is 0 Å². The Morgan fingerprint density at radius 3 is 2.83 bits per heavy atom. The first-order chi connectivity index (χ1) is 5.86. The largest absolute Gasteiger partial charge is 0.462 e. The molecule has 0 aliphatic carbocycles. The van der Waals surface area contributed by atoms with E-state index in [1.165, 1.54) is 0 Å². The van der Waals surface area contributed by atoms with Crippen molar-refractivity contribution in [1.29, 1.82) is 0 Å². The van der Waals surface area contributed by atoms with Crippen LogP contribution in [0.15, 0.2) is 16.5 Å². The Hall–Kier alpha value is -0.800. The fraction of sp³-hybridized carbons (Fsp3) is 0.556. The highest BCUT2D eigenvalue weighted by Crippen LogP contribution is 2.08. The van der Waals surface area contributed by atoms with E-state index in [4.69, 9.17) is 9.15 Å². The second kappa shape index (κ2) is 4.95. The molecule has 1 aromatic heterocycles. The van der Waals surface area contributed by atoms with Crippen LogP contribution in [0.5, 0.6) is 0 Å². The maximum absolute atomic E-state index is 5.44. The molecule has 0 unspecified atom stereocenters. The lowest BCUT2D eigenvalue weighted by Crippen LogP contribution is -2.03. The first-order valence-electron chi connectivity index (χ1n) is 4.16. The molecule has 0 aliphatic rings. The predicted octanol–water partition coefficient (Wildman–Crippen LogP) is 1.54. The van der Waals surface area contributed by atoms with E-state index in [0.29, 0.717) is 6.61 Å². The second-order valence-corrected chi connectivity index (χ2v) is 2.54. The number of ether oxygens (including phenoxy) is 1. The van der Waals surface area contributed by atoms with E-state index in [0.717, 1.165) is 24.7 Å². The molecule has 0 aromatic carbocycles. The molecule has 0 saturated carbocycles. The summed E-state index contributed by atoms with van der Waals surface area (Å²) < 4.78 is 10.6. The summed E-state index contributed by atoms with van der Waals surface area (Å²) in [7, 11) is 1.89. The van der Waals surface area contributed by atoms with Crippen molar-refractivity contribution in [2.45, 2.75) is 20.1 Å². The molecule has 0 radical (unpaired) electrons. The average Bonchev–Trinajstić information content (AvgIpc) is 2.50. The first-order valence-corrected chi connectivity index (χ1v) is 4.16. The second-order valence-electron chi connectivity index (χ2n) is 2.54. The van der Waals surface area contributed by atoms with E-state index in [-0.39, 0.29) is 0 Å². The Balaban J connectivity index is 2.41. The number of hydrogen-bond acceptors (Lipinski definition) is 3. The Morgan fingerprint density at radius 2 is 2.17 bits per heavy atom. The van der Waals surface area contributed by atoms with Gasteiger partial charge in [0.25, 0.3) is 0 Å². The lowest BCUT2D eigenvalue weighted by atomic mass is 10.4. The number of rotatable bonds is 5. The molecule has 68 valence electrons. The molecule has 1 heterocycles. The van der Waals surface area contributed by atoms with Crippen LogP contribution in [0.4, 0.5) is 0 Å². The van der Waals surface area contributed by atoms with Crippen molar-refractivity contribution in [2.75, 3.05) is 13.7 Å². The van der Waals surface area contributed by atoms with Crippen LogP contribution in [0.2, 0.25) is 0 Å². The molecule has 0 saturated heterocycles. The van der Waals surface area contributed by atoms with Crippen molar-refractivity contribution >= 4 is 0 Å². The van der Waals surface area contributed by atoms with Crippen LogP contribution in [0.3, 0.4) is 0 Å². The van der Waals surface area contributed by atoms with E-state index in [1.54, 1.807) is 0 Å². The first kappa shape index (κ1) is 9.29. The van der Waals surface area contributed by atoms with Gasteiger partial charge in [0.15, 0.2) is 0 Å². The molecule has 0 aliphatic heterocycles. The van der Waals surface area contributed by atoms with Crippen molar-refractivity contribution in [3.8, 4) is 0 Å². The maximum Gasteiger partial charge on any atom is 0.129 e. The number of hydrogen-bond donors (Lipinski definition) is 1. The molecule has 1 N–H and O–H groups in total. The van der Waals surface area contributed by atoms with E-state index >= 15 is 0 Å². The molecule has 0 amide bonds. The summed E-state index contributed by atoms with van der Waals surface area (Å²) >= 11 is 0. The van der Waals surface area contributed by atoms with Crippen molar-refractivity contribution in [3.05, 3.63) is 23.7 Å². The van der Waals surface area contributed by atoms with Crippen LogP contribution in [-0.2, 0) is 17.9 Å². The molecule has 0 atom stereocenters. The summed E-state index contributed by atoms with van der Waals surface area (Å²) in [5, 5.41) is 3.02.